The smallest absolute Gasteiger partial charge is 0.410 e. The van der Waals surface area contributed by atoms with Crippen LogP contribution in [0.4, 0.5) is 9.59 Å². The van der Waals surface area contributed by atoms with E-state index in [1.54, 1.807) is 53.5 Å². The predicted molar refractivity (Wildman–Crippen MR) is 242 cm³/mol. The number of carbonyl (C=O) groups excluding carboxylic acids is 3. The molecule has 2 aromatic heterocycles. The highest BCUT2D eigenvalue weighted by Crippen LogP contribution is 2.40. The Morgan fingerprint density at radius 2 is 1.36 bits per heavy atom. The summed E-state index contributed by atoms with van der Waals surface area (Å²) in [5.74, 6) is 2.41. The lowest BCUT2D eigenvalue weighted by Crippen LogP contribution is -2.55. The molecule has 1 saturated carbocycles. The maximum atomic E-state index is 12.1. The number of likely N-dealkylation sites (tertiary alicyclic amines) is 2. The molecular weight excluding hydrogens is 823 g/mol. The number of hydrogen-bond acceptors (Lipinski definition) is 13. The van der Waals surface area contributed by atoms with Crippen molar-refractivity contribution in [2.24, 2.45) is 11.8 Å². The number of hydrogen-bond donors (Lipinski definition) is 2. The molecule has 16 heteroatoms. The zero-order valence-electron chi connectivity index (χ0n) is 39.9. The maximum absolute atomic E-state index is 12.1. The summed E-state index contributed by atoms with van der Waals surface area (Å²) in [6.07, 6.45) is 16.9. The number of amides is 3. The third kappa shape index (κ3) is 17.5. The Bertz CT molecular complexity index is 1800. The molecule has 3 saturated heterocycles. The lowest BCUT2D eigenvalue weighted by molar-refractivity contribution is -0.142. The first-order chi connectivity index (χ1) is 30.3. The van der Waals surface area contributed by atoms with E-state index in [9.17, 15) is 14.4 Å². The molecule has 358 valence electrons. The average molecular weight is 898 g/mol. The molecule has 3 amide bonds. The molecule has 16 nitrogen and oxygen atoms in total. The molecule has 4 aliphatic rings. The van der Waals surface area contributed by atoms with Crippen LogP contribution in [0.15, 0.2) is 49.1 Å². The van der Waals surface area contributed by atoms with Crippen molar-refractivity contribution < 1.29 is 53.0 Å². The van der Waals surface area contributed by atoms with Crippen LogP contribution in [0.25, 0.3) is 0 Å². The van der Waals surface area contributed by atoms with Crippen LogP contribution < -0.4 is 9.47 Å². The van der Waals surface area contributed by atoms with Crippen molar-refractivity contribution in [2.45, 2.75) is 149 Å². The summed E-state index contributed by atoms with van der Waals surface area (Å²) in [7, 11) is 3.47. The van der Waals surface area contributed by atoms with E-state index in [0.717, 1.165) is 61.8 Å². The molecule has 0 spiro atoms. The lowest BCUT2D eigenvalue weighted by Gasteiger charge is -2.41. The Morgan fingerprint density at radius 3 is 1.81 bits per heavy atom. The summed E-state index contributed by atoms with van der Waals surface area (Å²) >= 11 is 0. The molecule has 6 rings (SSSR count). The van der Waals surface area contributed by atoms with Gasteiger partial charge >= 0.3 is 12.2 Å². The van der Waals surface area contributed by atoms with Crippen LogP contribution in [0.5, 0.6) is 11.5 Å². The summed E-state index contributed by atoms with van der Waals surface area (Å²) in [5.41, 5.74) is 1.18. The minimum absolute atomic E-state index is 0.0125. The zero-order chi connectivity index (χ0) is 47.0. The van der Waals surface area contributed by atoms with Gasteiger partial charge in [0.15, 0.2) is 12.4 Å². The lowest BCUT2D eigenvalue weighted by atomic mass is 10.1. The van der Waals surface area contributed by atoms with E-state index in [0.29, 0.717) is 50.3 Å². The van der Waals surface area contributed by atoms with Gasteiger partial charge in [-0.3, -0.25) is 14.8 Å². The normalized spacial score (nSPS) is 23.7. The van der Waals surface area contributed by atoms with Gasteiger partial charge in [-0.2, -0.15) is 0 Å². The molecule has 0 aromatic carbocycles. The van der Waals surface area contributed by atoms with Gasteiger partial charge in [0, 0.05) is 46.2 Å². The number of ether oxygens (including phenoxy) is 6. The Balaban J connectivity index is 0.000000218. The van der Waals surface area contributed by atoms with Crippen LogP contribution in [-0.4, -0.2) is 148 Å². The van der Waals surface area contributed by atoms with Crippen molar-refractivity contribution in [3.8, 4) is 11.5 Å². The van der Waals surface area contributed by atoms with Crippen molar-refractivity contribution in [3.05, 3.63) is 60.2 Å². The van der Waals surface area contributed by atoms with E-state index in [1.165, 1.54) is 0 Å². The molecule has 7 atom stereocenters. The summed E-state index contributed by atoms with van der Waals surface area (Å²) in [5, 5.41) is 17.9. The van der Waals surface area contributed by atoms with Gasteiger partial charge in [0.2, 0.25) is 0 Å². The number of nitrogens with zero attached hydrogens (tertiary/aromatic N) is 5. The first-order valence-corrected chi connectivity index (χ1v) is 22.8. The Morgan fingerprint density at radius 1 is 0.812 bits per heavy atom. The van der Waals surface area contributed by atoms with Gasteiger partial charge in [0.05, 0.1) is 37.2 Å². The van der Waals surface area contributed by atoms with Crippen LogP contribution in [-0.2, 0) is 36.6 Å². The maximum Gasteiger partial charge on any atom is 0.410 e. The fourth-order valence-electron chi connectivity index (χ4n) is 7.06. The Hall–Kier alpha value is -4.51. The minimum Gasteiger partial charge on any atom is -0.490 e. The van der Waals surface area contributed by atoms with E-state index in [2.05, 4.69) is 16.9 Å². The number of allylic oxidation sites excluding steroid dienone is 1. The van der Waals surface area contributed by atoms with Crippen LogP contribution in [0, 0.1) is 11.8 Å². The fourth-order valence-corrected chi connectivity index (χ4v) is 7.06. The van der Waals surface area contributed by atoms with Crippen LogP contribution in [0.3, 0.4) is 0 Å². The third-order valence-electron chi connectivity index (χ3n) is 11.0. The molecule has 5 heterocycles. The quantitative estimate of drug-likeness (QED) is 0.172. The number of pyridine rings is 2. The Labute approximate surface area is 380 Å². The Kier molecular flexibility index (Phi) is 20.1. The van der Waals surface area contributed by atoms with Crippen LogP contribution in [0.2, 0.25) is 0 Å². The largest absolute Gasteiger partial charge is 0.490 e. The van der Waals surface area contributed by atoms with Crippen LogP contribution in [0.1, 0.15) is 105 Å². The highest BCUT2D eigenvalue weighted by molar-refractivity contribution is 5.81. The van der Waals surface area contributed by atoms with Gasteiger partial charge in [-0.1, -0.05) is 25.5 Å². The molecule has 1 unspecified atom stereocenters. The number of carbonyl (C=O) groups is 3. The van der Waals surface area contributed by atoms with Crippen molar-refractivity contribution in [1.29, 1.82) is 0 Å². The molecule has 2 aromatic rings. The number of rotatable bonds is 16. The molecule has 1 aliphatic carbocycles. The number of likely N-dealkylation sites (N-methyl/N-ethyl adjacent to an activating group) is 1. The zero-order valence-corrected chi connectivity index (χ0v) is 39.9. The van der Waals surface area contributed by atoms with E-state index < -0.39 is 17.3 Å². The van der Waals surface area contributed by atoms with Gasteiger partial charge in [-0.05, 0) is 129 Å². The first-order valence-electron chi connectivity index (χ1n) is 22.8. The molecule has 0 radical (unpaired) electrons. The second-order valence-electron chi connectivity index (χ2n) is 19.1. The standard InChI is InChI=1S/C19H28N2O4.C18H26N2O4.C11H21NO3/c1-19(2,3)25-18(23)21-5-4-16(21)12-24-17-7-13(9-20-10-17)6-14-8-15(14)11-22;1-18(2,3)24-17(22)20-8-7-15(20)13-23-16-10-14(11-19-12-16)6-4-5-9-21;1-5-6-7-9-14-8(2)10(15-9)11(13)12(3)4/h7,9-10,14-16,22H,4-6,8,11-12H2,1-3H3;4-5,10-12,15,21H,6-9,13H2,1-3H3;8-10H,5-7H2,1-4H3/b;5-4+;/t14-,15+,16+;15-;8-,9?,10+/m101/s1. The third-order valence-corrected chi connectivity index (χ3v) is 11.0. The van der Waals surface area contributed by atoms with E-state index in [4.69, 9.17) is 38.6 Å². The average Bonchev–Trinajstić information content (AvgIpc) is 3.84. The molecule has 4 fully saturated rings. The van der Waals surface area contributed by atoms with E-state index in [-0.39, 0.29) is 55.8 Å². The van der Waals surface area contributed by atoms with Crippen molar-refractivity contribution in [1.82, 2.24) is 24.7 Å². The van der Waals surface area contributed by atoms with Gasteiger partial charge in [0.1, 0.15) is 35.9 Å². The minimum atomic E-state index is -0.488. The van der Waals surface area contributed by atoms with Crippen molar-refractivity contribution >= 4 is 18.1 Å². The molecular formula is C48H75N5O11. The van der Waals surface area contributed by atoms with Gasteiger partial charge < -0.3 is 53.3 Å². The summed E-state index contributed by atoms with van der Waals surface area (Å²) in [4.78, 5) is 49.3. The van der Waals surface area contributed by atoms with Gasteiger partial charge in [-0.25, -0.2) is 9.59 Å². The highest BCUT2D eigenvalue weighted by atomic mass is 16.7. The summed E-state index contributed by atoms with van der Waals surface area (Å²) < 4.78 is 33.6. The topological polar surface area (TPSA) is 183 Å². The SMILES string of the molecule is CC(C)(C)OC(=O)N1CC[C@H]1COc1cncc(C/C=C/CO)c1.CC(C)(C)OC(=O)N1CC[C@H]1COc1cncc(C[C@@H]2C[C@H]2CO)c1.CCCCC1O[C@H](C(=O)N(C)C)[C@@H](C)O1. The number of aliphatic hydroxyl groups is 2. The van der Waals surface area contributed by atoms with Crippen LogP contribution >= 0.6 is 0 Å². The first kappa shape index (κ1) is 52.1. The second-order valence-corrected chi connectivity index (χ2v) is 19.1. The molecule has 0 bridgehead atoms. The fraction of sp³-hybridized carbons (Fsp3) is 0.688. The van der Waals surface area contributed by atoms with E-state index >= 15 is 0 Å². The number of unbranched alkanes of at least 4 members (excludes halogenated alkanes) is 1. The molecule has 2 N–H and O–H groups in total. The second kappa shape index (κ2) is 24.7. The number of aromatic nitrogens is 2. The summed E-state index contributed by atoms with van der Waals surface area (Å²) in [6.45, 7) is 17.8. The van der Waals surface area contributed by atoms with Gasteiger partial charge in [0.25, 0.3) is 5.91 Å². The molecule has 3 aliphatic heterocycles. The molecule has 64 heavy (non-hydrogen) atoms. The summed E-state index contributed by atoms with van der Waals surface area (Å²) in [6, 6.07) is 4.03. The van der Waals surface area contributed by atoms with Gasteiger partial charge in [-0.15, -0.1) is 0 Å². The monoisotopic (exact) mass is 898 g/mol. The van der Waals surface area contributed by atoms with E-state index in [1.807, 2.05) is 72.9 Å². The predicted octanol–water partition coefficient (Wildman–Crippen LogP) is 6.60. The van der Waals surface area contributed by atoms with Crippen molar-refractivity contribution in [2.75, 3.05) is 53.6 Å². The number of aliphatic hydroxyl groups excluding tert-OH is 2. The van der Waals surface area contributed by atoms with Crippen molar-refractivity contribution in [3.63, 3.8) is 0 Å². The highest BCUT2D eigenvalue weighted by Gasteiger charge is 2.39.